The van der Waals surface area contributed by atoms with E-state index in [0.29, 0.717) is 6.54 Å². The molecular weight excluding hydrogens is 265 g/mol. The highest BCUT2D eigenvalue weighted by atomic mass is 19.1. The quantitative estimate of drug-likeness (QED) is 0.862. The van der Waals surface area contributed by atoms with Gasteiger partial charge in [-0.15, -0.1) is 0 Å². The first-order chi connectivity index (χ1) is 10.2. The number of aromatic nitrogens is 2. The molecule has 0 unspecified atom stereocenters. The molecule has 1 atom stereocenters. The van der Waals surface area contributed by atoms with Crippen LogP contribution in [0.2, 0.25) is 0 Å². The lowest BCUT2D eigenvalue weighted by molar-refractivity contribution is 0.135. The fourth-order valence-electron chi connectivity index (χ4n) is 3.02. The van der Waals surface area contributed by atoms with Crippen molar-refractivity contribution in [3.63, 3.8) is 0 Å². The van der Waals surface area contributed by atoms with Gasteiger partial charge in [-0.1, -0.05) is 24.6 Å². The van der Waals surface area contributed by atoms with E-state index >= 15 is 0 Å². The van der Waals surface area contributed by atoms with Crippen molar-refractivity contribution in [3.8, 4) is 0 Å². The topological polar surface area (TPSA) is 29.0 Å². The molecule has 1 aliphatic rings. The number of piperidine rings is 1. The maximum Gasteiger partial charge on any atom is 0.127 e. The lowest BCUT2D eigenvalue weighted by Crippen LogP contribution is -2.33. The van der Waals surface area contributed by atoms with Gasteiger partial charge >= 0.3 is 0 Å². The Morgan fingerprint density at radius 2 is 2.10 bits per heavy atom. The number of benzene rings is 1. The zero-order chi connectivity index (χ0) is 14.7. The molecule has 1 saturated heterocycles. The van der Waals surface area contributed by atoms with Crippen LogP contribution in [0, 0.1) is 12.7 Å². The number of aryl methyl sites for hydroxylation is 1. The van der Waals surface area contributed by atoms with Crippen LogP contribution in [0.3, 0.4) is 0 Å². The zero-order valence-electron chi connectivity index (χ0n) is 12.3. The van der Waals surface area contributed by atoms with Crippen LogP contribution in [-0.2, 0) is 6.54 Å². The Morgan fingerprint density at radius 1 is 1.24 bits per heavy atom. The smallest absolute Gasteiger partial charge is 0.127 e. The van der Waals surface area contributed by atoms with E-state index in [0.717, 1.165) is 36.5 Å². The Hall–Kier alpha value is -1.81. The molecule has 1 aliphatic heterocycles. The van der Waals surface area contributed by atoms with Crippen molar-refractivity contribution in [1.29, 1.82) is 0 Å². The largest absolute Gasteiger partial charge is 0.290 e. The normalized spacial score (nSPS) is 19.6. The molecule has 3 nitrogen and oxygen atoms in total. The van der Waals surface area contributed by atoms with Crippen LogP contribution in [0.15, 0.2) is 36.5 Å². The van der Waals surface area contributed by atoms with E-state index in [1.807, 2.05) is 31.3 Å². The van der Waals surface area contributed by atoms with Crippen molar-refractivity contribution in [2.75, 3.05) is 6.54 Å². The summed E-state index contributed by atoms with van der Waals surface area (Å²) in [5, 5.41) is 0. The summed E-state index contributed by atoms with van der Waals surface area (Å²) in [7, 11) is 0. The second kappa shape index (κ2) is 6.31. The molecule has 0 spiro atoms. The van der Waals surface area contributed by atoms with Gasteiger partial charge in [0.2, 0.25) is 0 Å². The molecule has 0 amide bonds. The second-order valence-electron chi connectivity index (χ2n) is 5.60. The van der Waals surface area contributed by atoms with Crippen molar-refractivity contribution in [3.05, 3.63) is 59.4 Å². The van der Waals surface area contributed by atoms with E-state index in [1.54, 1.807) is 6.07 Å². The molecule has 4 heteroatoms. The number of hydrogen-bond acceptors (Lipinski definition) is 3. The molecule has 110 valence electrons. The Labute approximate surface area is 124 Å². The molecule has 2 heterocycles. The van der Waals surface area contributed by atoms with Crippen molar-refractivity contribution < 1.29 is 4.39 Å². The van der Waals surface area contributed by atoms with Crippen LogP contribution in [0.4, 0.5) is 4.39 Å². The third-order valence-electron chi connectivity index (χ3n) is 4.08. The van der Waals surface area contributed by atoms with Crippen LogP contribution in [0.25, 0.3) is 0 Å². The second-order valence-corrected chi connectivity index (χ2v) is 5.60. The minimum atomic E-state index is -0.124. The van der Waals surface area contributed by atoms with Gasteiger partial charge in [-0.2, -0.15) is 0 Å². The van der Waals surface area contributed by atoms with Crippen LogP contribution in [0.5, 0.6) is 0 Å². The first kappa shape index (κ1) is 14.1. The summed E-state index contributed by atoms with van der Waals surface area (Å²) in [6.07, 6.45) is 5.25. The maximum atomic E-state index is 13.9. The molecule has 1 aromatic heterocycles. The first-order valence-electron chi connectivity index (χ1n) is 7.51. The summed E-state index contributed by atoms with van der Waals surface area (Å²) >= 11 is 0. The summed E-state index contributed by atoms with van der Waals surface area (Å²) in [6, 6.07) is 9.28. The average molecular weight is 285 g/mol. The fraction of sp³-hybridized carbons (Fsp3) is 0.412. The molecule has 0 N–H and O–H groups in total. The number of likely N-dealkylation sites (tertiary alicyclic amines) is 1. The number of hydrogen-bond donors (Lipinski definition) is 0. The molecule has 21 heavy (non-hydrogen) atoms. The lowest BCUT2D eigenvalue weighted by atomic mass is 9.98. The predicted octanol–water partition coefficient (Wildman–Crippen LogP) is 3.65. The van der Waals surface area contributed by atoms with Crippen molar-refractivity contribution in [2.45, 2.75) is 38.8 Å². The van der Waals surface area contributed by atoms with Crippen LogP contribution < -0.4 is 0 Å². The molecule has 0 aliphatic carbocycles. The van der Waals surface area contributed by atoms with Gasteiger partial charge in [-0.3, -0.25) is 4.90 Å². The Balaban J connectivity index is 1.83. The summed E-state index contributed by atoms with van der Waals surface area (Å²) in [6.45, 7) is 3.54. The summed E-state index contributed by atoms with van der Waals surface area (Å²) < 4.78 is 13.9. The highest BCUT2D eigenvalue weighted by Crippen LogP contribution is 2.31. The van der Waals surface area contributed by atoms with Crippen LogP contribution >= 0.6 is 0 Å². The van der Waals surface area contributed by atoms with E-state index in [9.17, 15) is 4.39 Å². The molecule has 0 saturated carbocycles. The Bertz CT molecular complexity index is 614. The molecule has 3 rings (SSSR count). The standard InChI is InChI=1S/C17H20FN3/c1-13-19-10-9-16(20-13)17-8-4-5-11-21(17)12-14-6-2-3-7-15(14)18/h2-3,6-7,9-10,17H,4-5,8,11-12H2,1H3/t17-/m0/s1. The predicted molar refractivity (Wildman–Crippen MR) is 80.2 cm³/mol. The van der Waals surface area contributed by atoms with E-state index in [1.165, 1.54) is 12.5 Å². The van der Waals surface area contributed by atoms with E-state index in [2.05, 4.69) is 14.9 Å². The third-order valence-corrected chi connectivity index (χ3v) is 4.08. The molecule has 1 aromatic carbocycles. The molecule has 2 aromatic rings. The summed E-state index contributed by atoms with van der Waals surface area (Å²) in [5.41, 5.74) is 1.81. The van der Waals surface area contributed by atoms with Gasteiger partial charge in [-0.05, 0) is 38.4 Å². The Morgan fingerprint density at radius 3 is 2.90 bits per heavy atom. The van der Waals surface area contributed by atoms with E-state index in [4.69, 9.17) is 0 Å². The van der Waals surface area contributed by atoms with Crippen molar-refractivity contribution >= 4 is 0 Å². The van der Waals surface area contributed by atoms with Gasteiger partial charge < -0.3 is 0 Å². The van der Waals surface area contributed by atoms with Crippen molar-refractivity contribution in [1.82, 2.24) is 14.9 Å². The molecule has 1 fully saturated rings. The van der Waals surface area contributed by atoms with Gasteiger partial charge in [0.1, 0.15) is 11.6 Å². The molecule has 0 radical (unpaired) electrons. The van der Waals surface area contributed by atoms with Gasteiger partial charge in [0.15, 0.2) is 0 Å². The van der Waals surface area contributed by atoms with E-state index in [-0.39, 0.29) is 11.9 Å². The minimum Gasteiger partial charge on any atom is -0.290 e. The van der Waals surface area contributed by atoms with E-state index < -0.39 is 0 Å². The molecule has 0 bridgehead atoms. The van der Waals surface area contributed by atoms with Crippen molar-refractivity contribution in [2.24, 2.45) is 0 Å². The third kappa shape index (κ3) is 3.27. The average Bonchev–Trinajstić information content (AvgIpc) is 2.50. The highest BCUT2D eigenvalue weighted by molar-refractivity contribution is 5.18. The lowest BCUT2D eigenvalue weighted by Gasteiger charge is -2.35. The zero-order valence-corrected chi connectivity index (χ0v) is 12.3. The summed E-state index contributed by atoms with van der Waals surface area (Å²) in [5.74, 6) is 0.671. The maximum absolute atomic E-state index is 13.9. The Kier molecular flexibility index (Phi) is 4.25. The molecular formula is C17H20FN3. The SMILES string of the molecule is Cc1nccc([C@@H]2CCCCN2Cc2ccccc2F)n1. The number of halogens is 1. The van der Waals surface area contributed by atoms with Gasteiger partial charge in [0.25, 0.3) is 0 Å². The van der Waals surface area contributed by atoms with Gasteiger partial charge in [0, 0.05) is 18.3 Å². The summed E-state index contributed by atoms with van der Waals surface area (Å²) in [4.78, 5) is 11.1. The minimum absolute atomic E-state index is 0.124. The monoisotopic (exact) mass is 285 g/mol. The number of nitrogens with zero attached hydrogens (tertiary/aromatic N) is 3. The highest BCUT2D eigenvalue weighted by Gasteiger charge is 2.25. The fourth-order valence-corrected chi connectivity index (χ4v) is 3.02. The van der Waals surface area contributed by atoms with Crippen LogP contribution in [-0.4, -0.2) is 21.4 Å². The first-order valence-corrected chi connectivity index (χ1v) is 7.51. The van der Waals surface area contributed by atoms with Gasteiger partial charge in [0.05, 0.1) is 11.7 Å². The number of rotatable bonds is 3. The van der Waals surface area contributed by atoms with Crippen LogP contribution in [0.1, 0.15) is 42.4 Å². The van der Waals surface area contributed by atoms with Gasteiger partial charge in [-0.25, -0.2) is 14.4 Å².